The molecule has 0 saturated heterocycles. The summed E-state index contributed by atoms with van der Waals surface area (Å²) in [6, 6.07) is 16.0. The molecule has 2 rings (SSSR count). The summed E-state index contributed by atoms with van der Waals surface area (Å²) >= 11 is 0. The Morgan fingerprint density at radius 2 is 1.82 bits per heavy atom. The van der Waals surface area contributed by atoms with Crippen molar-refractivity contribution < 1.29 is 4.84 Å². The zero-order chi connectivity index (χ0) is 11.8. The fourth-order valence-electron chi connectivity index (χ4n) is 1.54. The number of hydroxylamine groups is 1. The lowest BCUT2D eigenvalue weighted by molar-refractivity contribution is 0.186. The van der Waals surface area contributed by atoms with Gasteiger partial charge in [-0.15, -0.1) is 0 Å². The van der Waals surface area contributed by atoms with Crippen LogP contribution in [0.25, 0.3) is 0 Å². The average molecular weight is 228 g/mol. The predicted octanol–water partition coefficient (Wildman–Crippen LogP) is 2.60. The predicted molar refractivity (Wildman–Crippen MR) is 67.6 cm³/mol. The number of nitrogens with one attached hydrogen (secondary N) is 1. The molecule has 0 bridgehead atoms. The third-order valence-electron chi connectivity index (χ3n) is 2.40. The minimum absolute atomic E-state index is 0.604. The van der Waals surface area contributed by atoms with Crippen LogP contribution in [-0.2, 0) is 6.42 Å². The molecule has 0 amide bonds. The van der Waals surface area contributed by atoms with E-state index in [1.807, 2.05) is 24.3 Å². The molecule has 0 fully saturated rings. The summed E-state index contributed by atoms with van der Waals surface area (Å²) in [5, 5.41) is 0. The van der Waals surface area contributed by atoms with E-state index in [2.05, 4.69) is 34.7 Å². The first-order valence-electron chi connectivity index (χ1n) is 5.80. The van der Waals surface area contributed by atoms with Crippen molar-refractivity contribution in [3.63, 3.8) is 0 Å². The molecule has 1 aromatic heterocycles. The van der Waals surface area contributed by atoms with Gasteiger partial charge in [0.05, 0.1) is 0 Å². The summed E-state index contributed by atoms with van der Waals surface area (Å²) in [5.74, 6) is 0.604. The molecule has 0 aliphatic heterocycles. The van der Waals surface area contributed by atoms with Gasteiger partial charge in [-0.1, -0.05) is 36.4 Å². The molecular weight excluding hydrogens is 212 g/mol. The van der Waals surface area contributed by atoms with E-state index in [9.17, 15) is 0 Å². The monoisotopic (exact) mass is 228 g/mol. The van der Waals surface area contributed by atoms with Gasteiger partial charge in [0, 0.05) is 18.8 Å². The lowest BCUT2D eigenvalue weighted by atomic mass is 10.1. The molecule has 2 aromatic rings. The first kappa shape index (κ1) is 11.6. The standard InChI is InChI=1S/C14H16N2O/c1-2-7-13(8-3-1)9-6-12-16-17-14-10-4-5-11-15-14/h1-5,7-8,10-11,16H,6,9,12H2. The number of benzene rings is 1. The molecule has 3 heteroatoms. The molecule has 0 aliphatic rings. The molecule has 1 N–H and O–H groups in total. The van der Waals surface area contributed by atoms with Crippen LogP contribution in [0.5, 0.6) is 5.88 Å². The number of aryl methyl sites for hydroxylation is 1. The molecule has 88 valence electrons. The minimum atomic E-state index is 0.604. The van der Waals surface area contributed by atoms with Crippen molar-refractivity contribution in [2.45, 2.75) is 12.8 Å². The number of hydrogen-bond acceptors (Lipinski definition) is 3. The van der Waals surface area contributed by atoms with Crippen molar-refractivity contribution in [1.29, 1.82) is 0 Å². The maximum absolute atomic E-state index is 5.28. The Morgan fingerprint density at radius 1 is 1.00 bits per heavy atom. The summed E-state index contributed by atoms with van der Waals surface area (Å²) in [6.07, 6.45) is 3.80. The van der Waals surface area contributed by atoms with Gasteiger partial charge in [-0.3, -0.25) is 0 Å². The van der Waals surface area contributed by atoms with Crippen LogP contribution in [0.3, 0.4) is 0 Å². The first-order valence-corrected chi connectivity index (χ1v) is 5.80. The van der Waals surface area contributed by atoms with Crippen molar-refractivity contribution in [1.82, 2.24) is 10.5 Å². The van der Waals surface area contributed by atoms with Gasteiger partial charge in [-0.2, -0.15) is 5.48 Å². The molecule has 1 aromatic carbocycles. The molecule has 17 heavy (non-hydrogen) atoms. The molecule has 0 radical (unpaired) electrons. The van der Waals surface area contributed by atoms with Crippen molar-refractivity contribution in [3.05, 3.63) is 60.3 Å². The van der Waals surface area contributed by atoms with Crippen LogP contribution < -0.4 is 10.3 Å². The van der Waals surface area contributed by atoms with Gasteiger partial charge >= 0.3 is 0 Å². The zero-order valence-corrected chi connectivity index (χ0v) is 9.67. The van der Waals surface area contributed by atoms with Crippen LogP contribution in [0.15, 0.2) is 54.7 Å². The number of hydrogen-bond donors (Lipinski definition) is 1. The summed E-state index contributed by atoms with van der Waals surface area (Å²) in [6.45, 7) is 0.811. The van der Waals surface area contributed by atoms with E-state index in [1.54, 1.807) is 6.20 Å². The van der Waals surface area contributed by atoms with E-state index >= 15 is 0 Å². The second-order valence-corrected chi connectivity index (χ2v) is 3.75. The Balaban J connectivity index is 1.61. The van der Waals surface area contributed by atoms with E-state index in [0.717, 1.165) is 19.4 Å². The fraction of sp³-hybridized carbons (Fsp3) is 0.214. The Morgan fingerprint density at radius 3 is 2.59 bits per heavy atom. The van der Waals surface area contributed by atoms with Crippen molar-refractivity contribution in [2.75, 3.05) is 6.54 Å². The van der Waals surface area contributed by atoms with Crippen LogP contribution in [0.4, 0.5) is 0 Å². The lowest BCUT2D eigenvalue weighted by Crippen LogP contribution is -2.20. The second kappa shape index (κ2) is 6.66. The van der Waals surface area contributed by atoms with Gasteiger partial charge in [0.25, 0.3) is 0 Å². The van der Waals surface area contributed by atoms with Crippen molar-refractivity contribution >= 4 is 0 Å². The molecule has 0 atom stereocenters. The molecular formula is C14H16N2O. The zero-order valence-electron chi connectivity index (χ0n) is 9.67. The third kappa shape index (κ3) is 4.25. The van der Waals surface area contributed by atoms with Gasteiger partial charge in [0.2, 0.25) is 5.88 Å². The van der Waals surface area contributed by atoms with Gasteiger partial charge in [0.15, 0.2) is 0 Å². The summed E-state index contributed by atoms with van der Waals surface area (Å²) in [5.41, 5.74) is 4.26. The summed E-state index contributed by atoms with van der Waals surface area (Å²) in [4.78, 5) is 9.33. The van der Waals surface area contributed by atoms with E-state index in [1.165, 1.54) is 5.56 Å². The average Bonchev–Trinajstić information content (AvgIpc) is 2.41. The van der Waals surface area contributed by atoms with Gasteiger partial charge in [-0.25, -0.2) is 4.98 Å². The Bertz CT molecular complexity index is 375. The molecule has 0 aliphatic carbocycles. The van der Waals surface area contributed by atoms with Crippen LogP contribution >= 0.6 is 0 Å². The van der Waals surface area contributed by atoms with Crippen LogP contribution in [0.2, 0.25) is 0 Å². The SMILES string of the molecule is c1ccc(CCCNOc2ccccn2)cc1. The van der Waals surface area contributed by atoms with Crippen molar-refractivity contribution in [3.8, 4) is 5.88 Å². The summed E-state index contributed by atoms with van der Waals surface area (Å²) < 4.78 is 0. The topological polar surface area (TPSA) is 34.1 Å². The van der Waals surface area contributed by atoms with E-state index in [0.29, 0.717) is 5.88 Å². The highest BCUT2D eigenvalue weighted by Crippen LogP contribution is 2.03. The number of aromatic nitrogens is 1. The number of rotatable bonds is 6. The van der Waals surface area contributed by atoms with Gasteiger partial charge in [0.1, 0.15) is 0 Å². The maximum atomic E-state index is 5.28. The smallest absolute Gasteiger partial charge is 0.237 e. The quantitative estimate of drug-likeness (QED) is 0.609. The van der Waals surface area contributed by atoms with Gasteiger partial charge in [-0.05, 0) is 24.5 Å². The van der Waals surface area contributed by atoms with E-state index < -0.39 is 0 Å². The second-order valence-electron chi connectivity index (χ2n) is 3.75. The Labute approximate surface area is 101 Å². The fourth-order valence-corrected chi connectivity index (χ4v) is 1.54. The molecule has 0 unspecified atom stereocenters. The largest absolute Gasteiger partial charge is 0.388 e. The number of nitrogens with zero attached hydrogens (tertiary/aromatic N) is 1. The number of pyridine rings is 1. The minimum Gasteiger partial charge on any atom is -0.388 e. The highest BCUT2D eigenvalue weighted by atomic mass is 16.7. The van der Waals surface area contributed by atoms with Gasteiger partial charge < -0.3 is 4.84 Å². The lowest BCUT2D eigenvalue weighted by Gasteiger charge is -2.05. The van der Waals surface area contributed by atoms with E-state index in [-0.39, 0.29) is 0 Å². The third-order valence-corrected chi connectivity index (χ3v) is 2.40. The first-order chi connectivity index (χ1) is 8.45. The Hall–Kier alpha value is -1.87. The molecule has 0 spiro atoms. The van der Waals surface area contributed by atoms with Crippen LogP contribution in [-0.4, -0.2) is 11.5 Å². The van der Waals surface area contributed by atoms with Crippen LogP contribution in [0.1, 0.15) is 12.0 Å². The molecule has 0 saturated carbocycles. The maximum Gasteiger partial charge on any atom is 0.237 e. The molecule has 1 heterocycles. The van der Waals surface area contributed by atoms with E-state index in [4.69, 9.17) is 4.84 Å². The molecule has 3 nitrogen and oxygen atoms in total. The summed E-state index contributed by atoms with van der Waals surface area (Å²) in [7, 11) is 0. The highest BCUT2D eigenvalue weighted by molar-refractivity contribution is 5.14. The van der Waals surface area contributed by atoms with Crippen LogP contribution in [0, 0.1) is 0 Å². The highest BCUT2D eigenvalue weighted by Gasteiger charge is 1.94. The van der Waals surface area contributed by atoms with Crippen molar-refractivity contribution in [2.24, 2.45) is 0 Å². The normalized spacial score (nSPS) is 10.1. The Kier molecular flexibility index (Phi) is 4.55.